The van der Waals surface area contributed by atoms with Crippen LogP contribution in [0.5, 0.6) is 5.75 Å². The van der Waals surface area contributed by atoms with Crippen LogP contribution in [0.3, 0.4) is 0 Å². The molecule has 0 aromatic heterocycles. The van der Waals surface area contributed by atoms with Crippen LogP contribution in [-0.4, -0.2) is 25.1 Å². The van der Waals surface area contributed by atoms with Crippen LogP contribution >= 0.6 is 0 Å². The fourth-order valence-electron chi connectivity index (χ4n) is 3.44. The maximum Gasteiger partial charge on any atom is 0.261 e. The monoisotopic (exact) mass is 390 g/mol. The first kappa shape index (κ1) is 20.7. The molecule has 152 valence electrons. The third kappa shape index (κ3) is 5.29. The predicted octanol–water partition coefficient (Wildman–Crippen LogP) is 5.16. The van der Waals surface area contributed by atoms with E-state index in [1.165, 1.54) is 5.69 Å². The third-order valence-corrected chi connectivity index (χ3v) is 5.19. The van der Waals surface area contributed by atoms with E-state index in [0.717, 1.165) is 29.4 Å². The highest BCUT2D eigenvalue weighted by Crippen LogP contribution is 2.22. The Balaban J connectivity index is 1.59. The third-order valence-electron chi connectivity index (χ3n) is 5.19. The maximum absolute atomic E-state index is 12.6. The Labute approximate surface area is 173 Å². The highest BCUT2D eigenvalue weighted by molar-refractivity contribution is 5.84. The van der Waals surface area contributed by atoms with E-state index < -0.39 is 6.10 Å². The van der Waals surface area contributed by atoms with Crippen LogP contribution < -0.4 is 15.0 Å². The van der Waals surface area contributed by atoms with E-state index in [1.54, 1.807) is 0 Å². The van der Waals surface area contributed by atoms with Gasteiger partial charge in [-0.2, -0.15) is 0 Å². The lowest BCUT2D eigenvalue weighted by molar-refractivity contribution is -0.128. The molecule has 0 aliphatic rings. The number of fused-ring (bicyclic) bond motifs is 1. The number of anilines is 1. The molecule has 0 spiro atoms. The van der Waals surface area contributed by atoms with E-state index in [1.807, 2.05) is 43.3 Å². The van der Waals surface area contributed by atoms with Gasteiger partial charge in [-0.05, 0) is 60.9 Å². The lowest BCUT2D eigenvalue weighted by Gasteiger charge is -2.21. The molecule has 1 amide bonds. The Morgan fingerprint density at radius 3 is 2.28 bits per heavy atom. The fourth-order valence-corrected chi connectivity index (χ4v) is 3.44. The van der Waals surface area contributed by atoms with Gasteiger partial charge in [0, 0.05) is 25.3 Å². The molecule has 4 heteroatoms. The topological polar surface area (TPSA) is 41.6 Å². The number of nitrogens with zero attached hydrogens (tertiary/aromatic N) is 1. The minimum atomic E-state index is -0.508. The highest BCUT2D eigenvalue weighted by Gasteiger charge is 2.18. The SMILES string of the molecule is CC[C@@H](Oc1ccc2ccccc2c1)C(=O)NCc1ccc(N(CC)CC)cc1. The number of carbonyl (C=O) groups is 1. The van der Waals surface area contributed by atoms with E-state index in [0.29, 0.717) is 18.7 Å². The van der Waals surface area contributed by atoms with Crippen LogP contribution in [0.15, 0.2) is 66.7 Å². The van der Waals surface area contributed by atoms with E-state index in [2.05, 4.69) is 54.4 Å². The summed E-state index contributed by atoms with van der Waals surface area (Å²) in [4.78, 5) is 14.9. The molecule has 0 aliphatic carbocycles. The van der Waals surface area contributed by atoms with Crippen molar-refractivity contribution in [3.8, 4) is 5.75 Å². The average Bonchev–Trinajstić information content (AvgIpc) is 2.77. The van der Waals surface area contributed by atoms with Crippen LogP contribution in [0, 0.1) is 0 Å². The number of amides is 1. The van der Waals surface area contributed by atoms with Gasteiger partial charge in [0.05, 0.1) is 0 Å². The molecule has 3 rings (SSSR count). The number of carbonyl (C=O) groups excluding carboxylic acids is 1. The van der Waals surface area contributed by atoms with Crippen molar-refractivity contribution in [3.63, 3.8) is 0 Å². The zero-order chi connectivity index (χ0) is 20.6. The van der Waals surface area contributed by atoms with Crippen molar-refractivity contribution in [2.75, 3.05) is 18.0 Å². The van der Waals surface area contributed by atoms with Gasteiger partial charge in [0.25, 0.3) is 5.91 Å². The summed E-state index contributed by atoms with van der Waals surface area (Å²) in [6.45, 7) is 8.73. The summed E-state index contributed by atoms with van der Waals surface area (Å²) in [5.74, 6) is 0.628. The molecule has 0 fully saturated rings. The predicted molar refractivity (Wildman–Crippen MR) is 121 cm³/mol. The van der Waals surface area contributed by atoms with E-state index in [9.17, 15) is 4.79 Å². The van der Waals surface area contributed by atoms with Gasteiger partial charge < -0.3 is 15.0 Å². The normalized spacial score (nSPS) is 11.8. The van der Waals surface area contributed by atoms with Gasteiger partial charge in [-0.25, -0.2) is 0 Å². The number of ether oxygens (including phenoxy) is 1. The summed E-state index contributed by atoms with van der Waals surface area (Å²) in [6, 6.07) is 22.4. The molecule has 0 saturated carbocycles. The second-order valence-electron chi connectivity index (χ2n) is 7.08. The second kappa shape index (κ2) is 9.97. The number of hydrogen-bond acceptors (Lipinski definition) is 3. The van der Waals surface area contributed by atoms with Crippen molar-refractivity contribution in [3.05, 3.63) is 72.3 Å². The van der Waals surface area contributed by atoms with Gasteiger partial charge in [0.15, 0.2) is 6.10 Å². The zero-order valence-corrected chi connectivity index (χ0v) is 17.5. The standard InChI is InChI=1S/C25H30N2O2/c1-4-24(29-23-16-13-20-9-7-8-10-21(20)17-23)25(28)26-18-19-11-14-22(15-12-19)27(5-2)6-3/h7-17,24H,4-6,18H2,1-3H3,(H,26,28)/t24-/m1/s1. The molecule has 3 aromatic carbocycles. The van der Waals surface area contributed by atoms with Crippen LogP contribution in [0.2, 0.25) is 0 Å². The summed E-state index contributed by atoms with van der Waals surface area (Å²) in [6.07, 6.45) is 0.102. The lowest BCUT2D eigenvalue weighted by atomic mass is 10.1. The smallest absolute Gasteiger partial charge is 0.261 e. The van der Waals surface area contributed by atoms with Gasteiger partial charge >= 0.3 is 0 Å². The molecule has 0 saturated heterocycles. The van der Waals surface area contributed by atoms with Gasteiger partial charge in [-0.3, -0.25) is 4.79 Å². The molecule has 0 bridgehead atoms. The van der Waals surface area contributed by atoms with Crippen molar-refractivity contribution < 1.29 is 9.53 Å². The molecule has 4 nitrogen and oxygen atoms in total. The molecular formula is C25H30N2O2. The molecule has 1 atom stereocenters. The van der Waals surface area contributed by atoms with Crippen LogP contribution in [-0.2, 0) is 11.3 Å². The first-order valence-corrected chi connectivity index (χ1v) is 10.4. The molecule has 0 heterocycles. The molecule has 29 heavy (non-hydrogen) atoms. The van der Waals surface area contributed by atoms with Gasteiger partial charge in [0.1, 0.15) is 5.75 Å². The molecule has 3 aromatic rings. The number of nitrogens with one attached hydrogen (secondary N) is 1. The lowest BCUT2D eigenvalue weighted by Crippen LogP contribution is -2.37. The summed E-state index contributed by atoms with van der Waals surface area (Å²) in [5.41, 5.74) is 2.28. The van der Waals surface area contributed by atoms with Crippen LogP contribution in [0.25, 0.3) is 10.8 Å². The summed E-state index contributed by atoms with van der Waals surface area (Å²) in [5, 5.41) is 5.27. The van der Waals surface area contributed by atoms with E-state index in [4.69, 9.17) is 4.74 Å². The van der Waals surface area contributed by atoms with Crippen LogP contribution in [0.1, 0.15) is 32.8 Å². The molecule has 0 aliphatic heterocycles. The Morgan fingerprint density at radius 2 is 1.62 bits per heavy atom. The zero-order valence-electron chi connectivity index (χ0n) is 17.5. The van der Waals surface area contributed by atoms with Crippen molar-refractivity contribution >= 4 is 22.4 Å². The van der Waals surface area contributed by atoms with Gasteiger partial charge in [-0.1, -0.05) is 49.4 Å². The second-order valence-corrected chi connectivity index (χ2v) is 7.08. The van der Waals surface area contributed by atoms with Gasteiger partial charge in [0.2, 0.25) is 0 Å². The van der Waals surface area contributed by atoms with Gasteiger partial charge in [-0.15, -0.1) is 0 Å². The Bertz CT molecular complexity index is 933. The quantitative estimate of drug-likeness (QED) is 0.549. The molecule has 0 radical (unpaired) electrons. The first-order valence-electron chi connectivity index (χ1n) is 10.4. The summed E-state index contributed by atoms with van der Waals surface area (Å²) in [7, 11) is 0. The van der Waals surface area contributed by atoms with Crippen molar-refractivity contribution in [2.24, 2.45) is 0 Å². The average molecular weight is 391 g/mol. The largest absolute Gasteiger partial charge is 0.481 e. The number of rotatable bonds is 9. The Kier molecular flexibility index (Phi) is 7.12. The number of hydrogen-bond donors (Lipinski definition) is 1. The van der Waals surface area contributed by atoms with Crippen LogP contribution in [0.4, 0.5) is 5.69 Å². The number of benzene rings is 3. The molecular weight excluding hydrogens is 360 g/mol. The Morgan fingerprint density at radius 1 is 0.931 bits per heavy atom. The summed E-state index contributed by atoms with van der Waals surface area (Å²) >= 11 is 0. The minimum Gasteiger partial charge on any atom is -0.481 e. The molecule has 0 unspecified atom stereocenters. The molecule has 1 N–H and O–H groups in total. The van der Waals surface area contributed by atoms with Crippen molar-refractivity contribution in [1.29, 1.82) is 0 Å². The fraction of sp³-hybridized carbons (Fsp3) is 0.320. The van der Waals surface area contributed by atoms with E-state index in [-0.39, 0.29) is 5.91 Å². The highest BCUT2D eigenvalue weighted by atomic mass is 16.5. The minimum absolute atomic E-state index is 0.0894. The maximum atomic E-state index is 12.6. The summed E-state index contributed by atoms with van der Waals surface area (Å²) < 4.78 is 5.98. The van der Waals surface area contributed by atoms with E-state index >= 15 is 0 Å². The van der Waals surface area contributed by atoms with Crippen molar-refractivity contribution in [1.82, 2.24) is 5.32 Å². The first-order chi connectivity index (χ1) is 14.1. The van der Waals surface area contributed by atoms with Crippen molar-refractivity contribution in [2.45, 2.75) is 39.8 Å². The Hall–Kier alpha value is -3.01.